The van der Waals surface area contributed by atoms with Crippen molar-refractivity contribution in [3.05, 3.63) is 283 Å². The van der Waals surface area contributed by atoms with Gasteiger partial charge in [-0.3, -0.25) is 24.1 Å². The highest BCUT2D eigenvalue weighted by atomic mass is 79.9. The average molecular weight is 1590 g/mol. The second-order valence-corrected chi connectivity index (χ2v) is 29.0. The first-order chi connectivity index (χ1) is 47.7. The van der Waals surface area contributed by atoms with E-state index in [2.05, 4.69) is 82.2 Å². The third kappa shape index (κ3) is 28.6. The Hall–Kier alpha value is -8.55. The maximum atomic E-state index is 12.8. The molecule has 2 amide bonds. The van der Waals surface area contributed by atoms with E-state index in [-0.39, 0.29) is 11.7 Å². The third-order valence-corrected chi connectivity index (χ3v) is 17.2. The number of rotatable bonds is 15. The fourth-order valence-electron chi connectivity index (χ4n) is 8.85. The number of aromatic nitrogens is 4. The molecule has 103 heavy (non-hydrogen) atoms. The summed E-state index contributed by atoms with van der Waals surface area (Å²) in [5, 5.41) is 21.0. The SMILES string of the molecule is C=CB(O)O.C=Cc1cccnc1[C@@H](N)c1ccc(C(F)(F)F)cc1.C=Cc1cccnc1[C@@H](NC(=O)OC(C)(C)C)c1ccc(C(F)(F)F)cc1.CC(C)(C)OC(=O)N[C@@H](c1ccc(C(F)(F)F)cc1)c1ncccc1Br.CC(C)(C)[S@](=O)C[C@@H](c1ccc(C(F)(F)F)cc1)c1ncccc1Br. The van der Waals surface area contributed by atoms with Gasteiger partial charge in [-0.25, -0.2) is 9.59 Å². The fourth-order valence-corrected chi connectivity index (χ4v) is 11.0. The van der Waals surface area contributed by atoms with Gasteiger partial charge in [0.2, 0.25) is 0 Å². The molecule has 8 aromatic rings. The van der Waals surface area contributed by atoms with Crippen molar-refractivity contribution in [1.82, 2.24) is 30.6 Å². The van der Waals surface area contributed by atoms with Crippen LogP contribution in [0.15, 0.2) is 205 Å². The number of carbonyl (C=O) groups excluding carboxylic acids is 2. The minimum Gasteiger partial charge on any atom is -0.444 e. The molecule has 0 saturated heterocycles. The van der Waals surface area contributed by atoms with Crippen molar-refractivity contribution in [3.63, 3.8) is 0 Å². The first kappa shape index (κ1) is 86.9. The zero-order valence-corrected chi connectivity index (χ0v) is 61.1. The molecule has 14 nitrogen and oxygen atoms in total. The van der Waals surface area contributed by atoms with E-state index in [4.69, 9.17) is 25.3 Å². The molecule has 30 heteroatoms. The normalized spacial score (nSPS) is 13.2. The van der Waals surface area contributed by atoms with E-state index in [0.29, 0.717) is 55.1 Å². The highest BCUT2D eigenvalue weighted by Gasteiger charge is 2.36. The molecule has 4 aromatic carbocycles. The number of carbonyl (C=O) groups is 2. The lowest BCUT2D eigenvalue weighted by atomic mass is 9.94. The number of alkyl carbamates (subject to hydrolysis) is 2. The largest absolute Gasteiger partial charge is 0.480 e. The van der Waals surface area contributed by atoms with Gasteiger partial charge in [0.05, 0.1) is 51.1 Å². The van der Waals surface area contributed by atoms with Gasteiger partial charge in [0.15, 0.2) is 0 Å². The number of halogens is 14. The Morgan fingerprint density at radius 3 is 1.09 bits per heavy atom. The topological polar surface area (TPSA) is 212 Å². The molecule has 0 aliphatic carbocycles. The lowest BCUT2D eigenvalue weighted by molar-refractivity contribution is -0.138. The van der Waals surface area contributed by atoms with Crippen LogP contribution in [-0.4, -0.2) is 75.2 Å². The monoisotopic (exact) mass is 1590 g/mol. The third-order valence-electron chi connectivity index (χ3n) is 13.8. The van der Waals surface area contributed by atoms with Crippen LogP contribution in [0.1, 0.15) is 165 Å². The van der Waals surface area contributed by atoms with Gasteiger partial charge < -0.3 is 35.9 Å². The van der Waals surface area contributed by atoms with Crippen molar-refractivity contribution < 1.29 is 86.0 Å². The van der Waals surface area contributed by atoms with Crippen molar-refractivity contribution in [1.29, 1.82) is 0 Å². The van der Waals surface area contributed by atoms with Gasteiger partial charge in [0.25, 0.3) is 0 Å². The lowest BCUT2D eigenvalue weighted by Gasteiger charge is -2.24. The Balaban J connectivity index is 0.000000285. The summed E-state index contributed by atoms with van der Waals surface area (Å²) in [6.07, 6.45) is -9.53. The molecule has 5 atom stereocenters. The maximum Gasteiger partial charge on any atom is 0.480 e. The second-order valence-electron chi connectivity index (χ2n) is 25.0. The van der Waals surface area contributed by atoms with Gasteiger partial charge in [-0.2, -0.15) is 52.7 Å². The minimum atomic E-state index is -4.44. The predicted molar refractivity (Wildman–Crippen MR) is 382 cm³/mol. The van der Waals surface area contributed by atoms with E-state index in [1.54, 1.807) is 109 Å². The van der Waals surface area contributed by atoms with E-state index >= 15 is 0 Å². The van der Waals surface area contributed by atoms with Crippen LogP contribution in [-0.2, 0) is 45.0 Å². The molecule has 0 aliphatic rings. The Morgan fingerprint density at radius 1 is 0.485 bits per heavy atom. The number of benzene rings is 4. The van der Waals surface area contributed by atoms with E-state index in [1.807, 2.05) is 26.8 Å². The molecule has 0 radical (unpaired) electrons. The Bertz CT molecular complexity index is 4100. The lowest BCUT2D eigenvalue weighted by Crippen LogP contribution is -2.36. The van der Waals surface area contributed by atoms with Crippen LogP contribution in [0.25, 0.3) is 12.2 Å². The van der Waals surface area contributed by atoms with Crippen molar-refractivity contribution in [3.8, 4) is 0 Å². The highest BCUT2D eigenvalue weighted by Crippen LogP contribution is 2.38. The van der Waals surface area contributed by atoms with Crippen LogP contribution in [0, 0.1) is 0 Å². The van der Waals surface area contributed by atoms with Crippen molar-refractivity contribution in [2.75, 3.05) is 5.75 Å². The number of pyridine rings is 4. The van der Waals surface area contributed by atoms with Crippen LogP contribution in [0.3, 0.4) is 0 Å². The summed E-state index contributed by atoms with van der Waals surface area (Å²) in [6.45, 7) is 26.4. The van der Waals surface area contributed by atoms with Gasteiger partial charge in [0, 0.05) is 61.0 Å². The summed E-state index contributed by atoms with van der Waals surface area (Å²) in [4.78, 5) is 41.5. The summed E-state index contributed by atoms with van der Waals surface area (Å²) >= 11 is 6.80. The highest BCUT2D eigenvalue weighted by molar-refractivity contribution is 9.10. The van der Waals surface area contributed by atoms with Crippen molar-refractivity contribution in [2.45, 2.75) is 127 Å². The number of hydrogen-bond donors (Lipinski definition) is 5. The number of ether oxygens (including phenoxy) is 2. The molecule has 0 fully saturated rings. The first-order valence-corrected chi connectivity index (χ1v) is 33.7. The summed E-state index contributed by atoms with van der Waals surface area (Å²) in [6, 6.07) is 30.8. The number of hydrogen-bond acceptors (Lipinski definition) is 12. The molecule has 4 aromatic heterocycles. The quantitative estimate of drug-likeness (QED) is 0.0479. The molecule has 0 spiro atoms. The van der Waals surface area contributed by atoms with Gasteiger partial charge in [-0.1, -0.05) is 91.9 Å². The molecule has 0 aliphatic heterocycles. The van der Waals surface area contributed by atoms with Crippen LogP contribution in [0.5, 0.6) is 0 Å². The van der Waals surface area contributed by atoms with Crippen LogP contribution >= 0.6 is 31.9 Å². The number of alkyl halides is 12. The minimum absolute atomic E-state index is 0.282. The molecule has 0 saturated carbocycles. The number of nitrogens with one attached hydrogen (secondary N) is 2. The Kier molecular flexibility index (Phi) is 31.8. The molecule has 4 heterocycles. The average Bonchev–Trinajstić information content (AvgIpc) is 0.824. The second kappa shape index (κ2) is 37.8. The van der Waals surface area contributed by atoms with Gasteiger partial charge in [-0.15, -0.1) is 6.58 Å². The van der Waals surface area contributed by atoms with Crippen LogP contribution < -0.4 is 16.4 Å². The molecule has 0 unspecified atom stereocenters. The molecular weight excluding hydrogens is 1520 g/mol. The van der Waals surface area contributed by atoms with Gasteiger partial charge >= 0.3 is 44.0 Å². The number of nitrogens with two attached hydrogens (primary N) is 1. The fraction of sp³-hybridized carbons (Fsp3) is 0.288. The molecular formula is C73H76BBr2F12N7O7S. The summed E-state index contributed by atoms with van der Waals surface area (Å²) in [7, 11) is -2.53. The smallest absolute Gasteiger partial charge is 0.444 e. The predicted octanol–water partition coefficient (Wildman–Crippen LogP) is 19.4. The van der Waals surface area contributed by atoms with Crippen LogP contribution in [0.4, 0.5) is 62.3 Å². The first-order valence-electron chi connectivity index (χ1n) is 30.8. The summed E-state index contributed by atoms with van der Waals surface area (Å²) in [5.74, 6) is 0.947. The van der Waals surface area contributed by atoms with E-state index in [0.717, 1.165) is 64.5 Å². The number of nitrogens with zero attached hydrogens (tertiary/aromatic N) is 4. The Labute approximate surface area is 609 Å². The zero-order chi connectivity index (χ0) is 77.6. The van der Waals surface area contributed by atoms with E-state index < -0.39 is 111 Å². The molecule has 552 valence electrons. The molecule has 0 bridgehead atoms. The Morgan fingerprint density at radius 2 is 0.777 bits per heavy atom. The number of amides is 2. The maximum absolute atomic E-state index is 12.8. The van der Waals surface area contributed by atoms with Crippen molar-refractivity contribution >= 4 is 74.1 Å². The standard InChI is InChI=1S/C20H21F3N2O2.C18H18BrF3N2O2.C18H19BrF3NOS.C15H13F3N2.C2H5BO2/c1-5-13-7-6-12-24-16(13)17(25-18(26)27-19(2,3)4)14-8-10-15(11-9-14)20(21,22)23;1-17(2,3)26-16(25)24-14(15-13(19)5-4-10-23-15)11-6-8-12(9-7-11)18(20,21)22;1-17(2,3)25(24)11-14(16-15(19)5-4-10-23-16)12-6-8-13(9-7-12)18(20,21)22;1-2-10-4-3-9-20-14(10)13(19)11-5-7-12(8-6-11)15(16,17)18;1-2-3(4)5/h5-12,17H,1H2,2-4H3,(H,25,26);4-10,14H,1-3H3,(H,24,25);4-10,14H,11H2,1-3H3;2-9,13H,1,19H2;2,4-5H,1H2/t17-;14-;14-,25+;13-;/m0000./s1. The van der Waals surface area contributed by atoms with Gasteiger partial charge in [0.1, 0.15) is 23.3 Å². The van der Waals surface area contributed by atoms with Crippen LogP contribution in [0.2, 0.25) is 0 Å². The van der Waals surface area contributed by atoms with Gasteiger partial charge in [-0.05, 0) is 212 Å². The summed E-state index contributed by atoms with van der Waals surface area (Å²) in [5.41, 5.74) is 7.39. The zero-order valence-electron chi connectivity index (χ0n) is 57.1. The molecule has 6 N–H and O–H groups in total. The molecule has 8 rings (SSSR count). The van der Waals surface area contributed by atoms with Crippen molar-refractivity contribution in [2.24, 2.45) is 5.73 Å². The van der Waals surface area contributed by atoms with E-state index in [9.17, 15) is 66.5 Å². The van der Waals surface area contributed by atoms with E-state index in [1.165, 1.54) is 60.9 Å². The summed E-state index contributed by atoms with van der Waals surface area (Å²) < 4.78 is 177.